The van der Waals surface area contributed by atoms with Crippen molar-refractivity contribution in [2.24, 2.45) is 5.92 Å². The molecule has 0 aliphatic carbocycles. The molecule has 4 nitrogen and oxygen atoms in total. The maximum Gasteiger partial charge on any atom is 0.338 e. The standard InChI is InChI=1S/C16H17FN2O2/c1-21-16(20)13-5-7-18-15-3-2-12(8-14(13)15)19-9-11(10-19)4-6-17/h2-3,5,7-8,11H,4,6,9-10H2,1H3. The number of methoxy groups -OCH3 is 1. The van der Waals surface area contributed by atoms with Crippen molar-refractivity contribution in [3.63, 3.8) is 0 Å². The van der Waals surface area contributed by atoms with Gasteiger partial charge in [0.2, 0.25) is 0 Å². The minimum atomic E-state index is -0.363. The number of carbonyl (C=O) groups excluding carboxylic acids is 1. The largest absolute Gasteiger partial charge is 0.465 e. The molecule has 0 amide bonds. The SMILES string of the molecule is COC(=O)c1ccnc2ccc(N3CC(CCF)C3)cc12. The lowest BCUT2D eigenvalue weighted by Crippen LogP contribution is -2.46. The third-order valence-electron chi connectivity index (χ3n) is 3.97. The number of hydrogen-bond donors (Lipinski definition) is 0. The molecule has 0 saturated carbocycles. The predicted molar refractivity (Wildman–Crippen MR) is 79.4 cm³/mol. The quantitative estimate of drug-likeness (QED) is 0.811. The molecule has 2 aromatic rings. The van der Waals surface area contributed by atoms with E-state index in [0.29, 0.717) is 17.9 Å². The van der Waals surface area contributed by atoms with Crippen LogP contribution in [0, 0.1) is 5.92 Å². The van der Waals surface area contributed by atoms with Gasteiger partial charge in [-0.25, -0.2) is 4.79 Å². The lowest BCUT2D eigenvalue weighted by molar-refractivity contribution is 0.0603. The zero-order valence-corrected chi connectivity index (χ0v) is 11.9. The van der Waals surface area contributed by atoms with E-state index in [0.717, 1.165) is 29.7 Å². The number of carbonyl (C=O) groups is 1. The summed E-state index contributed by atoms with van der Waals surface area (Å²) in [4.78, 5) is 18.3. The summed E-state index contributed by atoms with van der Waals surface area (Å²) < 4.78 is 17.1. The second kappa shape index (κ2) is 5.68. The fourth-order valence-corrected chi connectivity index (χ4v) is 2.74. The summed E-state index contributed by atoms with van der Waals surface area (Å²) in [6, 6.07) is 7.52. The summed E-state index contributed by atoms with van der Waals surface area (Å²) in [5.41, 5.74) is 2.32. The number of anilines is 1. The van der Waals surface area contributed by atoms with Gasteiger partial charge in [0.15, 0.2) is 0 Å². The van der Waals surface area contributed by atoms with E-state index in [1.165, 1.54) is 7.11 Å². The molecule has 1 aromatic heterocycles. The van der Waals surface area contributed by atoms with E-state index >= 15 is 0 Å². The van der Waals surface area contributed by atoms with E-state index < -0.39 is 0 Å². The first kappa shape index (κ1) is 13.8. The minimum absolute atomic E-state index is 0.257. The average molecular weight is 288 g/mol. The summed E-state index contributed by atoms with van der Waals surface area (Å²) in [6.07, 6.45) is 2.23. The molecule has 1 aromatic carbocycles. The molecular weight excluding hydrogens is 271 g/mol. The highest BCUT2D eigenvalue weighted by molar-refractivity contribution is 6.04. The van der Waals surface area contributed by atoms with Crippen LogP contribution in [0.1, 0.15) is 16.8 Å². The van der Waals surface area contributed by atoms with Gasteiger partial charge in [-0.05, 0) is 36.6 Å². The molecule has 0 spiro atoms. The zero-order chi connectivity index (χ0) is 14.8. The molecule has 2 heterocycles. The second-order valence-corrected chi connectivity index (χ2v) is 5.30. The van der Waals surface area contributed by atoms with Gasteiger partial charge in [0.05, 0.1) is 24.9 Å². The van der Waals surface area contributed by atoms with Crippen LogP contribution in [0.15, 0.2) is 30.5 Å². The number of benzene rings is 1. The highest BCUT2D eigenvalue weighted by Gasteiger charge is 2.26. The van der Waals surface area contributed by atoms with Gasteiger partial charge in [0, 0.05) is 30.4 Å². The molecule has 5 heteroatoms. The molecule has 1 aliphatic heterocycles. The first-order chi connectivity index (χ1) is 10.2. The van der Waals surface area contributed by atoms with Gasteiger partial charge in [0.1, 0.15) is 0 Å². The van der Waals surface area contributed by atoms with E-state index in [1.54, 1.807) is 12.3 Å². The lowest BCUT2D eigenvalue weighted by Gasteiger charge is -2.41. The van der Waals surface area contributed by atoms with Crippen molar-refractivity contribution < 1.29 is 13.9 Å². The monoisotopic (exact) mass is 288 g/mol. The number of fused-ring (bicyclic) bond motifs is 1. The third-order valence-corrected chi connectivity index (χ3v) is 3.97. The minimum Gasteiger partial charge on any atom is -0.465 e. The van der Waals surface area contributed by atoms with Crippen LogP contribution in [0.2, 0.25) is 0 Å². The lowest BCUT2D eigenvalue weighted by atomic mass is 9.95. The number of ether oxygens (including phenoxy) is 1. The van der Waals surface area contributed by atoms with Crippen molar-refractivity contribution in [3.05, 3.63) is 36.0 Å². The molecular formula is C16H17FN2O2. The number of nitrogens with zero attached hydrogens (tertiary/aromatic N) is 2. The van der Waals surface area contributed by atoms with Crippen LogP contribution in [0.5, 0.6) is 0 Å². The molecule has 1 fully saturated rings. The van der Waals surface area contributed by atoms with Crippen molar-refractivity contribution in [1.82, 2.24) is 4.98 Å². The summed E-state index contributed by atoms with van der Waals surface area (Å²) in [5.74, 6) is 0.0677. The van der Waals surface area contributed by atoms with Crippen LogP contribution in [0.25, 0.3) is 10.9 Å². The Labute approximate surface area is 122 Å². The first-order valence-electron chi connectivity index (χ1n) is 7.01. The predicted octanol–water partition coefficient (Wildman–Crippen LogP) is 2.82. The smallest absolute Gasteiger partial charge is 0.338 e. The molecule has 0 radical (unpaired) electrons. The highest BCUT2D eigenvalue weighted by atomic mass is 19.1. The fourth-order valence-electron chi connectivity index (χ4n) is 2.74. The van der Waals surface area contributed by atoms with Crippen LogP contribution in [0.3, 0.4) is 0 Å². The topological polar surface area (TPSA) is 42.4 Å². The van der Waals surface area contributed by atoms with E-state index in [2.05, 4.69) is 9.88 Å². The summed E-state index contributed by atoms with van der Waals surface area (Å²) in [7, 11) is 1.37. The van der Waals surface area contributed by atoms with Gasteiger partial charge in [0.25, 0.3) is 0 Å². The van der Waals surface area contributed by atoms with Gasteiger partial charge >= 0.3 is 5.97 Å². The number of hydrogen-bond acceptors (Lipinski definition) is 4. The van der Waals surface area contributed by atoms with Crippen LogP contribution in [-0.2, 0) is 4.74 Å². The Morgan fingerprint density at radius 2 is 2.24 bits per heavy atom. The molecule has 21 heavy (non-hydrogen) atoms. The molecule has 0 bridgehead atoms. The summed E-state index contributed by atoms with van der Waals surface area (Å²) in [5, 5.41) is 0.788. The maximum absolute atomic E-state index is 12.3. The normalized spacial score (nSPS) is 15.0. The Morgan fingerprint density at radius 3 is 2.95 bits per heavy atom. The summed E-state index contributed by atoms with van der Waals surface area (Å²) >= 11 is 0. The average Bonchev–Trinajstić information content (AvgIpc) is 2.48. The maximum atomic E-state index is 12.3. The van der Waals surface area contributed by atoms with E-state index in [1.807, 2.05) is 18.2 Å². The first-order valence-corrected chi connectivity index (χ1v) is 7.01. The molecule has 0 N–H and O–H groups in total. The number of alkyl halides is 1. The fraction of sp³-hybridized carbons (Fsp3) is 0.375. The van der Waals surface area contributed by atoms with Crippen LogP contribution in [0.4, 0.5) is 10.1 Å². The van der Waals surface area contributed by atoms with E-state index in [4.69, 9.17) is 4.74 Å². The number of pyridine rings is 1. The van der Waals surface area contributed by atoms with Crippen LogP contribution in [-0.4, -0.2) is 37.8 Å². The van der Waals surface area contributed by atoms with Crippen LogP contribution < -0.4 is 4.90 Å². The molecule has 3 rings (SSSR count). The van der Waals surface area contributed by atoms with Crippen molar-refractivity contribution in [3.8, 4) is 0 Å². The van der Waals surface area contributed by atoms with E-state index in [9.17, 15) is 9.18 Å². The number of esters is 1. The third kappa shape index (κ3) is 2.55. The summed E-state index contributed by atoms with van der Waals surface area (Å²) in [6.45, 7) is 1.47. The van der Waals surface area contributed by atoms with Gasteiger partial charge in [-0.3, -0.25) is 9.37 Å². The Bertz CT molecular complexity index is 668. The van der Waals surface area contributed by atoms with Gasteiger partial charge in [-0.2, -0.15) is 0 Å². The number of halogens is 1. The number of aromatic nitrogens is 1. The zero-order valence-electron chi connectivity index (χ0n) is 11.9. The second-order valence-electron chi connectivity index (χ2n) is 5.30. The van der Waals surface area contributed by atoms with Crippen molar-refractivity contribution in [1.29, 1.82) is 0 Å². The van der Waals surface area contributed by atoms with E-state index in [-0.39, 0.29) is 12.6 Å². The van der Waals surface area contributed by atoms with Crippen molar-refractivity contribution in [2.45, 2.75) is 6.42 Å². The Kier molecular flexibility index (Phi) is 3.73. The van der Waals surface area contributed by atoms with Gasteiger partial charge in [-0.15, -0.1) is 0 Å². The van der Waals surface area contributed by atoms with Crippen molar-refractivity contribution in [2.75, 3.05) is 31.8 Å². The Morgan fingerprint density at radius 1 is 1.43 bits per heavy atom. The molecule has 0 unspecified atom stereocenters. The highest BCUT2D eigenvalue weighted by Crippen LogP contribution is 2.30. The van der Waals surface area contributed by atoms with Crippen molar-refractivity contribution >= 4 is 22.6 Å². The molecule has 0 atom stereocenters. The molecule has 1 aliphatic rings. The Hall–Kier alpha value is -2.17. The number of rotatable bonds is 4. The molecule has 110 valence electrons. The van der Waals surface area contributed by atoms with Gasteiger partial charge < -0.3 is 9.64 Å². The van der Waals surface area contributed by atoms with Gasteiger partial charge in [-0.1, -0.05) is 0 Å². The molecule has 1 saturated heterocycles. The Balaban J connectivity index is 1.91. The van der Waals surface area contributed by atoms with Crippen LogP contribution >= 0.6 is 0 Å².